The number of hydrogen-bond donors (Lipinski definition) is 1. The monoisotopic (exact) mass is 380 g/mol. The number of amides is 1. The standard InChI is InChI=1S/C18H21ClN2O3S/c1-13(17(23)21-18(12-20)9-5-2-6-10-18)24-16(22)11-25-15-8-4-3-7-14(15)19/h3-4,7-8,13H,2,5-6,9-11H2,1H3,(H,21,23)/t13-/m1/s1. The first-order valence-corrected chi connectivity index (χ1v) is 9.62. The highest BCUT2D eigenvalue weighted by atomic mass is 35.5. The van der Waals surface area contributed by atoms with Crippen LogP contribution in [-0.4, -0.2) is 29.3 Å². The number of carbonyl (C=O) groups is 2. The van der Waals surface area contributed by atoms with E-state index in [-0.39, 0.29) is 5.75 Å². The van der Waals surface area contributed by atoms with Crippen LogP contribution in [0.5, 0.6) is 0 Å². The lowest BCUT2D eigenvalue weighted by Crippen LogP contribution is -2.52. The second-order valence-electron chi connectivity index (χ2n) is 6.10. The summed E-state index contributed by atoms with van der Waals surface area (Å²) in [6.07, 6.45) is 3.23. The number of esters is 1. The molecule has 1 aliphatic carbocycles. The van der Waals surface area contributed by atoms with E-state index in [1.54, 1.807) is 6.07 Å². The quantitative estimate of drug-likeness (QED) is 0.601. The van der Waals surface area contributed by atoms with Gasteiger partial charge in [0, 0.05) is 4.90 Å². The molecule has 0 bridgehead atoms. The van der Waals surface area contributed by atoms with Gasteiger partial charge in [0.2, 0.25) is 0 Å². The molecule has 0 heterocycles. The van der Waals surface area contributed by atoms with Crippen molar-refractivity contribution in [3.05, 3.63) is 29.3 Å². The maximum absolute atomic E-state index is 12.3. The van der Waals surface area contributed by atoms with Crippen LogP contribution in [0.3, 0.4) is 0 Å². The van der Waals surface area contributed by atoms with Gasteiger partial charge in [0.25, 0.3) is 5.91 Å². The molecule has 1 amide bonds. The Morgan fingerprint density at radius 3 is 2.68 bits per heavy atom. The van der Waals surface area contributed by atoms with E-state index in [4.69, 9.17) is 16.3 Å². The zero-order valence-electron chi connectivity index (χ0n) is 14.1. The van der Waals surface area contributed by atoms with Crippen LogP contribution in [0, 0.1) is 11.3 Å². The topological polar surface area (TPSA) is 79.2 Å². The number of halogens is 1. The molecule has 1 aromatic carbocycles. The van der Waals surface area contributed by atoms with Crippen LogP contribution in [0.2, 0.25) is 5.02 Å². The van der Waals surface area contributed by atoms with Crippen LogP contribution in [0.4, 0.5) is 0 Å². The molecule has 1 aliphatic rings. The number of nitrogens with zero attached hydrogens (tertiary/aromatic N) is 1. The molecule has 7 heteroatoms. The van der Waals surface area contributed by atoms with Crippen LogP contribution < -0.4 is 5.32 Å². The number of carbonyl (C=O) groups excluding carboxylic acids is 2. The Labute approximate surface area is 157 Å². The van der Waals surface area contributed by atoms with Crippen molar-refractivity contribution in [3.63, 3.8) is 0 Å². The Morgan fingerprint density at radius 1 is 1.36 bits per heavy atom. The number of hydrogen-bond acceptors (Lipinski definition) is 5. The molecule has 1 fully saturated rings. The Balaban J connectivity index is 1.83. The molecule has 134 valence electrons. The molecule has 0 spiro atoms. The Morgan fingerprint density at radius 2 is 2.04 bits per heavy atom. The molecule has 0 saturated heterocycles. The average Bonchev–Trinajstić information content (AvgIpc) is 2.61. The van der Waals surface area contributed by atoms with E-state index in [9.17, 15) is 14.9 Å². The minimum atomic E-state index is -0.938. The summed E-state index contributed by atoms with van der Waals surface area (Å²) >= 11 is 7.29. The van der Waals surface area contributed by atoms with E-state index in [1.807, 2.05) is 18.2 Å². The molecule has 0 unspecified atom stereocenters. The number of benzene rings is 1. The molecular weight excluding hydrogens is 360 g/mol. The van der Waals surface area contributed by atoms with Crippen molar-refractivity contribution in [2.24, 2.45) is 0 Å². The zero-order chi connectivity index (χ0) is 18.3. The highest BCUT2D eigenvalue weighted by Crippen LogP contribution is 2.28. The smallest absolute Gasteiger partial charge is 0.317 e. The number of rotatable bonds is 6. The third kappa shape index (κ3) is 5.65. The largest absolute Gasteiger partial charge is 0.452 e. The first-order valence-electron chi connectivity index (χ1n) is 8.26. The first-order chi connectivity index (χ1) is 12.0. The van der Waals surface area contributed by atoms with Crippen molar-refractivity contribution < 1.29 is 14.3 Å². The number of thioether (sulfide) groups is 1. The number of nitrogens with one attached hydrogen (secondary N) is 1. The maximum atomic E-state index is 12.3. The zero-order valence-corrected chi connectivity index (χ0v) is 15.7. The molecule has 25 heavy (non-hydrogen) atoms. The lowest BCUT2D eigenvalue weighted by Gasteiger charge is -2.32. The summed E-state index contributed by atoms with van der Waals surface area (Å²) in [7, 11) is 0. The highest BCUT2D eigenvalue weighted by Gasteiger charge is 2.35. The van der Waals surface area contributed by atoms with Gasteiger partial charge in [-0.3, -0.25) is 9.59 Å². The van der Waals surface area contributed by atoms with Crippen LogP contribution >= 0.6 is 23.4 Å². The first kappa shape index (κ1) is 19.6. The summed E-state index contributed by atoms with van der Waals surface area (Å²) < 4.78 is 5.18. The lowest BCUT2D eigenvalue weighted by atomic mass is 9.83. The van der Waals surface area contributed by atoms with Crippen molar-refractivity contribution in [2.75, 3.05) is 5.75 Å². The average molecular weight is 381 g/mol. The molecule has 1 aromatic rings. The fourth-order valence-electron chi connectivity index (χ4n) is 2.74. The van der Waals surface area contributed by atoms with E-state index in [0.717, 1.165) is 24.2 Å². The van der Waals surface area contributed by atoms with Gasteiger partial charge in [-0.15, -0.1) is 11.8 Å². The van der Waals surface area contributed by atoms with Crippen LogP contribution in [0.25, 0.3) is 0 Å². The molecule has 0 aliphatic heterocycles. The minimum absolute atomic E-state index is 0.0603. The summed E-state index contributed by atoms with van der Waals surface area (Å²) in [5.41, 5.74) is -0.831. The van der Waals surface area contributed by atoms with Gasteiger partial charge in [0.15, 0.2) is 6.10 Å². The third-order valence-corrected chi connectivity index (χ3v) is 5.63. The molecule has 2 rings (SSSR count). The predicted octanol–water partition coefficient (Wildman–Crippen LogP) is 3.71. The number of nitriles is 1. The summed E-state index contributed by atoms with van der Waals surface area (Å²) in [6.45, 7) is 1.52. The van der Waals surface area contributed by atoms with Crippen molar-refractivity contribution in [1.82, 2.24) is 5.32 Å². The fraction of sp³-hybridized carbons (Fsp3) is 0.500. The van der Waals surface area contributed by atoms with Crippen molar-refractivity contribution in [2.45, 2.75) is 55.6 Å². The molecule has 1 atom stereocenters. The van der Waals surface area contributed by atoms with Gasteiger partial charge in [-0.1, -0.05) is 43.0 Å². The normalized spacial score (nSPS) is 17.2. The van der Waals surface area contributed by atoms with Gasteiger partial charge in [-0.25, -0.2) is 0 Å². The predicted molar refractivity (Wildman–Crippen MR) is 97.3 cm³/mol. The summed E-state index contributed by atoms with van der Waals surface area (Å²) in [5.74, 6) is -0.869. The summed E-state index contributed by atoms with van der Waals surface area (Å²) in [6, 6.07) is 9.43. The summed E-state index contributed by atoms with van der Waals surface area (Å²) in [4.78, 5) is 25.0. The molecular formula is C18H21ClN2O3S. The van der Waals surface area contributed by atoms with Crippen molar-refractivity contribution >= 4 is 35.2 Å². The summed E-state index contributed by atoms with van der Waals surface area (Å²) in [5, 5.41) is 12.7. The number of ether oxygens (including phenoxy) is 1. The molecule has 5 nitrogen and oxygen atoms in total. The molecule has 1 saturated carbocycles. The Bertz CT molecular complexity index is 669. The third-order valence-electron chi connectivity index (χ3n) is 4.14. The maximum Gasteiger partial charge on any atom is 0.317 e. The SMILES string of the molecule is C[C@@H](OC(=O)CSc1ccccc1Cl)C(=O)NC1(C#N)CCCCC1. The van der Waals surface area contributed by atoms with E-state index in [2.05, 4.69) is 11.4 Å². The highest BCUT2D eigenvalue weighted by molar-refractivity contribution is 8.00. The van der Waals surface area contributed by atoms with E-state index in [0.29, 0.717) is 17.9 Å². The molecule has 0 radical (unpaired) electrons. The van der Waals surface area contributed by atoms with Crippen LogP contribution in [-0.2, 0) is 14.3 Å². The van der Waals surface area contributed by atoms with Gasteiger partial charge < -0.3 is 10.1 Å². The Hall–Kier alpha value is -1.71. The second-order valence-corrected chi connectivity index (χ2v) is 7.52. The van der Waals surface area contributed by atoms with Crippen molar-refractivity contribution in [3.8, 4) is 6.07 Å². The van der Waals surface area contributed by atoms with Gasteiger partial charge in [0.05, 0.1) is 16.8 Å². The second kappa shape index (κ2) is 9.12. The minimum Gasteiger partial charge on any atom is -0.452 e. The fourth-order valence-corrected chi connectivity index (χ4v) is 3.76. The lowest BCUT2D eigenvalue weighted by molar-refractivity contribution is -0.152. The van der Waals surface area contributed by atoms with Gasteiger partial charge in [-0.2, -0.15) is 5.26 Å². The van der Waals surface area contributed by atoms with Gasteiger partial charge >= 0.3 is 5.97 Å². The van der Waals surface area contributed by atoms with Gasteiger partial charge in [0.1, 0.15) is 5.54 Å². The van der Waals surface area contributed by atoms with Crippen LogP contribution in [0.15, 0.2) is 29.2 Å². The molecule has 1 N–H and O–H groups in total. The van der Waals surface area contributed by atoms with E-state index < -0.39 is 23.5 Å². The van der Waals surface area contributed by atoms with E-state index >= 15 is 0 Å². The van der Waals surface area contributed by atoms with Gasteiger partial charge in [-0.05, 0) is 31.9 Å². The van der Waals surface area contributed by atoms with E-state index in [1.165, 1.54) is 18.7 Å². The molecule has 0 aromatic heterocycles. The Kier molecular flexibility index (Phi) is 7.15. The van der Waals surface area contributed by atoms with Crippen molar-refractivity contribution in [1.29, 1.82) is 5.26 Å². The van der Waals surface area contributed by atoms with Crippen LogP contribution in [0.1, 0.15) is 39.0 Å².